The molecule has 1 heterocycles. The molecular formula is C24H23N3O4S2. The minimum absolute atomic E-state index is 0.107. The monoisotopic (exact) mass is 481 g/mol. The van der Waals surface area contributed by atoms with Gasteiger partial charge in [-0.2, -0.15) is 0 Å². The van der Waals surface area contributed by atoms with E-state index in [1.807, 2.05) is 43.3 Å². The number of benzene rings is 3. The van der Waals surface area contributed by atoms with Crippen LogP contribution in [0.25, 0.3) is 10.2 Å². The van der Waals surface area contributed by atoms with E-state index >= 15 is 0 Å². The van der Waals surface area contributed by atoms with Crippen LogP contribution in [0.1, 0.15) is 20.9 Å². The van der Waals surface area contributed by atoms with E-state index in [4.69, 9.17) is 4.74 Å². The van der Waals surface area contributed by atoms with Crippen LogP contribution in [0.2, 0.25) is 0 Å². The molecule has 7 nitrogen and oxygen atoms in total. The topological polar surface area (TPSA) is 88.6 Å². The fourth-order valence-electron chi connectivity index (χ4n) is 3.33. The van der Waals surface area contributed by atoms with Crippen molar-refractivity contribution in [1.82, 2.24) is 9.88 Å². The Hall–Kier alpha value is -3.43. The molecule has 3 aromatic carbocycles. The van der Waals surface area contributed by atoms with E-state index in [0.717, 1.165) is 20.8 Å². The molecule has 1 aromatic heterocycles. The molecule has 0 saturated heterocycles. The third-order valence-corrected chi connectivity index (χ3v) is 7.48. The first-order chi connectivity index (χ1) is 15.8. The zero-order valence-corrected chi connectivity index (χ0v) is 20.0. The summed E-state index contributed by atoms with van der Waals surface area (Å²) in [6.07, 6.45) is 0. The fourth-order valence-corrected chi connectivity index (χ4v) is 5.61. The molecule has 33 heavy (non-hydrogen) atoms. The number of methoxy groups -OCH3 is 1. The zero-order valence-electron chi connectivity index (χ0n) is 18.4. The van der Waals surface area contributed by atoms with Crippen LogP contribution in [-0.4, -0.2) is 38.4 Å². The van der Waals surface area contributed by atoms with E-state index in [1.165, 1.54) is 35.5 Å². The molecule has 4 aromatic rings. The predicted molar refractivity (Wildman–Crippen MR) is 130 cm³/mol. The first-order valence-electron chi connectivity index (χ1n) is 10.1. The van der Waals surface area contributed by atoms with Crippen LogP contribution in [0, 0.1) is 6.92 Å². The van der Waals surface area contributed by atoms with Gasteiger partial charge in [0.25, 0.3) is 15.9 Å². The van der Waals surface area contributed by atoms with Crippen LogP contribution in [-0.2, 0) is 16.6 Å². The van der Waals surface area contributed by atoms with Gasteiger partial charge in [-0.1, -0.05) is 29.8 Å². The highest BCUT2D eigenvalue weighted by Crippen LogP contribution is 2.28. The maximum absolute atomic E-state index is 13.1. The summed E-state index contributed by atoms with van der Waals surface area (Å²) in [5.74, 6) is -0.163. The van der Waals surface area contributed by atoms with E-state index in [0.29, 0.717) is 12.2 Å². The van der Waals surface area contributed by atoms with Crippen molar-refractivity contribution < 1.29 is 17.9 Å². The first kappa shape index (κ1) is 22.8. The molecule has 0 unspecified atom stereocenters. The molecule has 1 N–H and O–H groups in total. The number of rotatable bonds is 7. The maximum Gasteiger partial charge on any atom is 0.265 e. The van der Waals surface area contributed by atoms with Gasteiger partial charge in [-0.15, -0.1) is 11.3 Å². The number of hydrogen-bond acceptors (Lipinski definition) is 6. The SMILES string of the molecule is COc1ccc(C(=O)N(C)Cc2nc3ccccc3s2)cc1S(=O)(=O)Nc1ccc(C)cc1. The first-order valence-corrected chi connectivity index (χ1v) is 12.4. The van der Waals surface area contributed by atoms with Gasteiger partial charge in [0, 0.05) is 18.3 Å². The van der Waals surface area contributed by atoms with Gasteiger partial charge in [0.1, 0.15) is 15.7 Å². The van der Waals surface area contributed by atoms with Gasteiger partial charge in [-0.05, 0) is 49.4 Å². The Kier molecular flexibility index (Phi) is 6.35. The number of amides is 1. The highest BCUT2D eigenvalue weighted by molar-refractivity contribution is 7.92. The van der Waals surface area contributed by atoms with Crippen LogP contribution in [0.3, 0.4) is 0 Å². The Labute approximate surface area is 196 Å². The molecule has 0 saturated carbocycles. The van der Waals surface area contributed by atoms with Crippen molar-refractivity contribution in [3.05, 3.63) is 82.9 Å². The molecular weight excluding hydrogens is 458 g/mol. The summed E-state index contributed by atoms with van der Waals surface area (Å²) in [7, 11) is -0.929. The number of nitrogens with zero attached hydrogens (tertiary/aromatic N) is 2. The smallest absolute Gasteiger partial charge is 0.265 e. The van der Waals surface area contributed by atoms with E-state index in [9.17, 15) is 13.2 Å². The number of para-hydroxylation sites is 1. The van der Waals surface area contributed by atoms with Gasteiger partial charge in [0.2, 0.25) is 0 Å². The average molecular weight is 482 g/mol. The highest BCUT2D eigenvalue weighted by atomic mass is 32.2. The highest BCUT2D eigenvalue weighted by Gasteiger charge is 2.23. The molecule has 0 fully saturated rings. The summed E-state index contributed by atoms with van der Waals surface area (Å²) in [5.41, 5.74) is 2.56. The van der Waals surface area contributed by atoms with Gasteiger partial charge in [0.15, 0.2) is 0 Å². The van der Waals surface area contributed by atoms with Crippen LogP contribution >= 0.6 is 11.3 Å². The number of aromatic nitrogens is 1. The second-order valence-corrected chi connectivity index (χ2v) is 10.3. The predicted octanol–water partition coefficient (Wildman–Crippen LogP) is 4.69. The number of carbonyl (C=O) groups is 1. The van der Waals surface area contributed by atoms with E-state index in [2.05, 4.69) is 9.71 Å². The standard InChI is InChI=1S/C24H23N3O4S2/c1-16-8-11-18(12-9-16)26-33(29,30)22-14-17(10-13-20(22)31-3)24(28)27(2)15-23-25-19-6-4-5-7-21(19)32-23/h4-14,26H,15H2,1-3H3. The minimum atomic E-state index is -3.98. The normalized spacial score (nSPS) is 11.4. The Morgan fingerprint density at radius 1 is 1.09 bits per heavy atom. The molecule has 170 valence electrons. The Morgan fingerprint density at radius 2 is 1.82 bits per heavy atom. The van der Waals surface area contributed by atoms with Gasteiger partial charge < -0.3 is 9.64 Å². The minimum Gasteiger partial charge on any atom is -0.495 e. The largest absolute Gasteiger partial charge is 0.495 e. The molecule has 0 bridgehead atoms. The summed E-state index contributed by atoms with van der Waals surface area (Å²) in [5, 5.41) is 0.800. The molecule has 0 spiro atoms. The number of ether oxygens (including phenoxy) is 1. The molecule has 9 heteroatoms. The molecule has 0 aliphatic carbocycles. The van der Waals surface area contributed by atoms with Crippen molar-refractivity contribution in [2.75, 3.05) is 18.9 Å². The van der Waals surface area contributed by atoms with Gasteiger partial charge >= 0.3 is 0 Å². The second kappa shape index (κ2) is 9.21. The lowest BCUT2D eigenvalue weighted by Crippen LogP contribution is -2.26. The number of thiazole rings is 1. The summed E-state index contributed by atoms with van der Waals surface area (Å²) in [6, 6.07) is 19.2. The third-order valence-electron chi connectivity index (χ3n) is 5.06. The van der Waals surface area contributed by atoms with Crippen LogP contribution < -0.4 is 9.46 Å². The van der Waals surface area contributed by atoms with Crippen molar-refractivity contribution in [1.29, 1.82) is 0 Å². The zero-order chi connectivity index (χ0) is 23.6. The summed E-state index contributed by atoms with van der Waals surface area (Å²) in [6.45, 7) is 2.23. The number of hydrogen-bond donors (Lipinski definition) is 1. The molecule has 0 atom stereocenters. The van der Waals surface area contributed by atoms with Crippen molar-refractivity contribution in [3.8, 4) is 5.75 Å². The third kappa shape index (κ3) is 4.99. The molecule has 0 aliphatic rings. The van der Waals surface area contributed by atoms with Crippen molar-refractivity contribution in [2.45, 2.75) is 18.4 Å². The number of sulfonamides is 1. The maximum atomic E-state index is 13.1. The Morgan fingerprint density at radius 3 is 2.52 bits per heavy atom. The van der Waals surface area contributed by atoms with Gasteiger partial charge in [0.05, 0.1) is 23.9 Å². The van der Waals surface area contributed by atoms with Crippen molar-refractivity contribution in [2.24, 2.45) is 0 Å². The number of carbonyl (C=O) groups excluding carboxylic acids is 1. The van der Waals surface area contributed by atoms with Crippen LogP contribution in [0.15, 0.2) is 71.6 Å². The van der Waals surface area contributed by atoms with E-state index in [1.54, 1.807) is 25.2 Å². The van der Waals surface area contributed by atoms with Crippen LogP contribution in [0.5, 0.6) is 5.75 Å². The molecule has 0 radical (unpaired) electrons. The second-order valence-electron chi connectivity index (χ2n) is 7.57. The van der Waals surface area contributed by atoms with Crippen molar-refractivity contribution in [3.63, 3.8) is 0 Å². The molecule has 4 rings (SSSR count). The average Bonchev–Trinajstić information content (AvgIpc) is 3.21. The summed E-state index contributed by atoms with van der Waals surface area (Å²) in [4.78, 5) is 19.1. The van der Waals surface area contributed by atoms with E-state index in [-0.39, 0.29) is 22.1 Å². The van der Waals surface area contributed by atoms with Crippen LogP contribution in [0.4, 0.5) is 5.69 Å². The quantitative estimate of drug-likeness (QED) is 0.414. The number of aryl methyl sites for hydroxylation is 1. The Bertz CT molecular complexity index is 1380. The van der Waals surface area contributed by atoms with Gasteiger partial charge in [-0.25, -0.2) is 13.4 Å². The lowest BCUT2D eigenvalue weighted by atomic mass is 10.2. The number of fused-ring (bicyclic) bond motifs is 1. The molecule has 1 amide bonds. The van der Waals surface area contributed by atoms with Crippen molar-refractivity contribution >= 4 is 43.2 Å². The Balaban J connectivity index is 1.59. The van der Waals surface area contributed by atoms with E-state index < -0.39 is 10.0 Å². The summed E-state index contributed by atoms with van der Waals surface area (Å²) < 4.78 is 35.0. The van der Waals surface area contributed by atoms with Gasteiger partial charge in [-0.3, -0.25) is 9.52 Å². The fraction of sp³-hybridized carbons (Fsp3) is 0.167. The molecule has 0 aliphatic heterocycles. The lowest BCUT2D eigenvalue weighted by Gasteiger charge is -2.17. The summed E-state index contributed by atoms with van der Waals surface area (Å²) >= 11 is 1.52. The number of nitrogens with one attached hydrogen (secondary N) is 1. The number of anilines is 1. The lowest BCUT2D eigenvalue weighted by molar-refractivity contribution is 0.0784.